The summed E-state index contributed by atoms with van der Waals surface area (Å²) in [5.41, 5.74) is -0.321. The smallest absolute Gasteiger partial charge is 0.463 e. The van der Waals surface area contributed by atoms with Crippen molar-refractivity contribution in [3.63, 3.8) is 0 Å². The number of carbonyl (C=O) groups excluding carboxylic acids is 1. The highest BCUT2D eigenvalue weighted by Crippen LogP contribution is 2.36. The van der Waals surface area contributed by atoms with Crippen LogP contribution in [0.3, 0.4) is 0 Å². The first-order valence-corrected chi connectivity index (χ1v) is 5.59. The van der Waals surface area contributed by atoms with E-state index in [9.17, 15) is 31.5 Å². The largest absolute Gasteiger partial charge is 0.479 e. The van der Waals surface area contributed by atoms with Crippen molar-refractivity contribution in [3.05, 3.63) is 34.9 Å². The van der Waals surface area contributed by atoms with Gasteiger partial charge in [-0.3, -0.25) is 4.79 Å². The molecule has 2 N–H and O–H groups in total. The summed E-state index contributed by atoms with van der Waals surface area (Å²) in [4.78, 5) is 22.0. The molecule has 0 saturated heterocycles. The Morgan fingerprint density at radius 1 is 1.14 bits per heavy atom. The lowest BCUT2D eigenvalue weighted by atomic mass is 10.1. The molecular weight excluding hydrogens is 325 g/mol. The van der Waals surface area contributed by atoms with E-state index in [2.05, 4.69) is 0 Å². The number of aliphatic carboxylic acids is 1. The lowest BCUT2D eigenvalue weighted by Crippen LogP contribution is -2.52. The predicted molar refractivity (Wildman–Crippen MR) is 61.0 cm³/mol. The molecule has 1 amide bonds. The van der Waals surface area contributed by atoms with E-state index in [1.165, 1.54) is 18.2 Å². The molecule has 0 aromatic heterocycles. The highest BCUT2D eigenvalue weighted by molar-refractivity contribution is 6.31. The number of hydrogen-bond donors (Lipinski definition) is 2. The minimum absolute atomic E-state index is 0.208. The van der Waals surface area contributed by atoms with Gasteiger partial charge < -0.3 is 10.4 Å². The number of amides is 1. The van der Waals surface area contributed by atoms with Crippen LogP contribution in [-0.2, 0) is 9.59 Å². The van der Waals surface area contributed by atoms with Gasteiger partial charge in [0.15, 0.2) is 6.04 Å². The van der Waals surface area contributed by atoms with Crippen LogP contribution in [-0.4, -0.2) is 29.1 Å². The Morgan fingerprint density at radius 3 is 2.10 bits per heavy atom. The average molecular weight is 332 g/mol. The van der Waals surface area contributed by atoms with Crippen LogP contribution < -0.4 is 5.32 Å². The van der Waals surface area contributed by atoms with E-state index in [0.29, 0.717) is 0 Å². The van der Waals surface area contributed by atoms with Crippen molar-refractivity contribution in [2.24, 2.45) is 0 Å². The SMILES string of the molecule is O=C(O)[C@H](NC(=O)C(F)(F)C(F)(F)F)c1ccccc1Cl. The summed E-state index contributed by atoms with van der Waals surface area (Å²) in [6.45, 7) is 0. The normalized spacial score (nSPS) is 13.6. The lowest BCUT2D eigenvalue weighted by Gasteiger charge is -2.22. The van der Waals surface area contributed by atoms with Crippen LogP contribution in [0.4, 0.5) is 22.0 Å². The van der Waals surface area contributed by atoms with Crippen LogP contribution >= 0.6 is 11.6 Å². The molecule has 0 heterocycles. The molecule has 0 saturated carbocycles. The quantitative estimate of drug-likeness (QED) is 0.834. The van der Waals surface area contributed by atoms with Gasteiger partial charge in [0.2, 0.25) is 0 Å². The van der Waals surface area contributed by atoms with Gasteiger partial charge in [0.05, 0.1) is 0 Å². The summed E-state index contributed by atoms with van der Waals surface area (Å²) >= 11 is 5.63. The second-order valence-corrected chi connectivity index (χ2v) is 4.25. The van der Waals surface area contributed by atoms with Crippen molar-refractivity contribution in [2.45, 2.75) is 18.1 Å². The Bertz CT molecular complexity index is 561. The van der Waals surface area contributed by atoms with E-state index in [1.807, 2.05) is 0 Å². The van der Waals surface area contributed by atoms with Gasteiger partial charge in [-0.1, -0.05) is 29.8 Å². The summed E-state index contributed by atoms with van der Waals surface area (Å²) in [6, 6.07) is 2.80. The molecule has 0 aliphatic rings. The molecule has 1 rings (SSSR count). The zero-order chi connectivity index (χ0) is 16.4. The molecule has 0 aliphatic carbocycles. The molecule has 116 valence electrons. The molecule has 21 heavy (non-hydrogen) atoms. The van der Waals surface area contributed by atoms with Gasteiger partial charge in [0, 0.05) is 10.6 Å². The van der Waals surface area contributed by atoms with Crippen LogP contribution in [0.25, 0.3) is 0 Å². The summed E-state index contributed by atoms with van der Waals surface area (Å²) in [5, 5.41) is 9.79. The first-order chi connectivity index (χ1) is 9.48. The number of carbonyl (C=O) groups is 2. The molecule has 0 spiro atoms. The van der Waals surface area contributed by atoms with E-state index in [4.69, 9.17) is 16.7 Å². The highest BCUT2D eigenvalue weighted by Gasteiger charge is 2.63. The van der Waals surface area contributed by atoms with E-state index in [0.717, 1.165) is 11.4 Å². The topological polar surface area (TPSA) is 66.4 Å². The maximum atomic E-state index is 12.8. The Labute approximate surface area is 119 Å². The number of alkyl halides is 5. The fourth-order valence-electron chi connectivity index (χ4n) is 1.33. The van der Waals surface area contributed by atoms with Gasteiger partial charge in [-0.15, -0.1) is 0 Å². The van der Waals surface area contributed by atoms with E-state index < -0.39 is 30.0 Å². The number of carboxylic acid groups (broad SMARTS) is 1. The molecule has 1 aromatic rings. The molecule has 0 bridgehead atoms. The third kappa shape index (κ3) is 3.60. The van der Waals surface area contributed by atoms with Gasteiger partial charge >= 0.3 is 24.0 Å². The third-order valence-electron chi connectivity index (χ3n) is 2.38. The van der Waals surface area contributed by atoms with Crippen LogP contribution in [0.5, 0.6) is 0 Å². The number of nitrogens with one attached hydrogen (secondary N) is 1. The van der Waals surface area contributed by atoms with E-state index in [-0.39, 0.29) is 10.6 Å². The molecule has 10 heteroatoms. The molecule has 0 unspecified atom stereocenters. The average Bonchev–Trinajstić information content (AvgIpc) is 2.34. The first-order valence-electron chi connectivity index (χ1n) is 5.21. The number of rotatable bonds is 4. The minimum Gasteiger partial charge on any atom is -0.479 e. The molecule has 4 nitrogen and oxygen atoms in total. The first kappa shape index (κ1) is 17.2. The monoisotopic (exact) mass is 331 g/mol. The van der Waals surface area contributed by atoms with Gasteiger partial charge in [0.1, 0.15) is 0 Å². The van der Waals surface area contributed by atoms with E-state index >= 15 is 0 Å². The summed E-state index contributed by atoms with van der Waals surface area (Å²) in [7, 11) is 0. The number of halogens is 6. The van der Waals surface area contributed by atoms with Crippen molar-refractivity contribution in [3.8, 4) is 0 Å². The van der Waals surface area contributed by atoms with Crippen molar-refractivity contribution in [1.29, 1.82) is 0 Å². The fraction of sp³-hybridized carbons (Fsp3) is 0.273. The molecule has 0 fully saturated rings. The molecular formula is C11H7ClF5NO3. The number of hydrogen-bond acceptors (Lipinski definition) is 2. The third-order valence-corrected chi connectivity index (χ3v) is 2.72. The van der Waals surface area contributed by atoms with Gasteiger partial charge in [0.25, 0.3) is 0 Å². The Morgan fingerprint density at radius 2 is 1.67 bits per heavy atom. The molecule has 0 aliphatic heterocycles. The number of carboxylic acids is 1. The van der Waals surface area contributed by atoms with Gasteiger partial charge in [-0.2, -0.15) is 22.0 Å². The molecule has 1 atom stereocenters. The van der Waals surface area contributed by atoms with Crippen molar-refractivity contribution >= 4 is 23.5 Å². The summed E-state index contributed by atoms with van der Waals surface area (Å²) in [6.07, 6.45) is -6.14. The van der Waals surface area contributed by atoms with Gasteiger partial charge in [-0.05, 0) is 6.07 Å². The maximum absolute atomic E-state index is 12.8. The van der Waals surface area contributed by atoms with Crippen molar-refractivity contribution in [1.82, 2.24) is 5.32 Å². The second-order valence-electron chi connectivity index (χ2n) is 3.84. The zero-order valence-electron chi connectivity index (χ0n) is 9.92. The standard InChI is InChI=1S/C11H7ClF5NO3/c12-6-4-2-1-3-5(6)7(8(19)20)18-9(21)10(13,14)11(15,16)17/h1-4,7H,(H,18,21)(H,19,20)/t7-/m1/s1. The molecule has 0 radical (unpaired) electrons. The Hall–Kier alpha value is -1.90. The van der Waals surface area contributed by atoms with Gasteiger partial charge in [-0.25, -0.2) is 4.79 Å². The Kier molecular flexibility index (Phi) is 4.77. The second kappa shape index (κ2) is 5.84. The maximum Gasteiger partial charge on any atom is 0.463 e. The summed E-state index contributed by atoms with van der Waals surface area (Å²) < 4.78 is 61.7. The van der Waals surface area contributed by atoms with Crippen LogP contribution in [0.2, 0.25) is 5.02 Å². The predicted octanol–water partition coefficient (Wildman–Crippen LogP) is 2.78. The van der Waals surface area contributed by atoms with Crippen molar-refractivity contribution < 1.29 is 36.6 Å². The zero-order valence-corrected chi connectivity index (χ0v) is 10.7. The van der Waals surface area contributed by atoms with E-state index in [1.54, 1.807) is 0 Å². The molecule has 1 aromatic carbocycles. The minimum atomic E-state index is -6.14. The number of benzene rings is 1. The van der Waals surface area contributed by atoms with Crippen LogP contribution in [0.15, 0.2) is 24.3 Å². The van der Waals surface area contributed by atoms with Crippen LogP contribution in [0.1, 0.15) is 11.6 Å². The highest BCUT2D eigenvalue weighted by atomic mass is 35.5. The lowest BCUT2D eigenvalue weighted by molar-refractivity contribution is -0.270. The fourth-order valence-corrected chi connectivity index (χ4v) is 1.58. The Balaban J connectivity index is 3.09. The van der Waals surface area contributed by atoms with Crippen LogP contribution in [0, 0.1) is 0 Å². The van der Waals surface area contributed by atoms with Crippen molar-refractivity contribution in [2.75, 3.05) is 0 Å². The summed E-state index contributed by atoms with van der Waals surface area (Å²) in [5.74, 6) is -10.3.